The summed E-state index contributed by atoms with van der Waals surface area (Å²) in [6, 6.07) is 2.36. The Morgan fingerprint density at radius 3 is 1.93 bits per heavy atom. The average Bonchev–Trinajstić information content (AvgIpc) is 1.99. The Balaban J connectivity index is 3.04. The van der Waals surface area contributed by atoms with Crippen LogP contribution < -0.4 is 9.47 Å². The lowest BCUT2D eigenvalue weighted by Crippen LogP contribution is -2.17. The number of hydrogen-bond acceptors (Lipinski definition) is 2. The second-order valence-electron chi connectivity index (χ2n) is 2.47. The Kier molecular flexibility index (Phi) is 3.88. The number of ether oxygens (including phenoxy) is 2. The van der Waals surface area contributed by atoms with Crippen LogP contribution in [0.25, 0.3) is 0 Å². The van der Waals surface area contributed by atoms with E-state index in [9.17, 15) is 13.2 Å². The van der Waals surface area contributed by atoms with E-state index in [1.54, 1.807) is 0 Å². The Labute approximate surface area is 101 Å². The van der Waals surface area contributed by atoms with Gasteiger partial charge in [-0.3, -0.25) is 0 Å². The van der Waals surface area contributed by atoms with E-state index >= 15 is 0 Å². The molecule has 0 heterocycles. The van der Waals surface area contributed by atoms with Gasteiger partial charge in [-0.1, -0.05) is 0 Å². The minimum Gasteiger partial charge on any atom is -0.494 e. The molecule has 1 aromatic rings. The van der Waals surface area contributed by atoms with E-state index in [0.717, 1.165) is 0 Å². The summed E-state index contributed by atoms with van der Waals surface area (Å²) in [5, 5.41) is 0. The number of hydrogen-bond donors (Lipinski definition) is 0. The standard InChI is InChI=1S/C8H5Br2F3O2/c1-14-7-5(9)2-4(3-6(7)10)15-8(11,12)13/h2-3H,1H3. The first-order valence-corrected chi connectivity index (χ1v) is 5.21. The molecular weight excluding hydrogens is 345 g/mol. The van der Waals surface area contributed by atoms with Gasteiger partial charge in [-0.15, -0.1) is 13.2 Å². The average molecular weight is 350 g/mol. The van der Waals surface area contributed by atoms with E-state index in [4.69, 9.17) is 4.74 Å². The Morgan fingerprint density at radius 2 is 1.60 bits per heavy atom. The van der Waals surface area contributed by atoms with Crippen LogP contribution in [0.15, 0.2) is 21.1 Å². The molecule has 0 unspecified atom stereocenters. The highest BCUT2D eigenvalue weighted by Gasteiger charge is 2.31. The maximum Gasteiger partial charge on any atom is 0.573 e. The van der Waals surface area contributed by atoms with E-state index in [1.165, 1.54) is 19.2 Å². The number of alkyl halides is 3. The van der Waals surface area contributed by atoms with Gasteiger partial charge in [0.1, 0.15) is 11.5 Å². The summed E-state index contributed by atoms with van der Waals surface area (Å²) in [6.45, 7) is 0. The maximum atomic E-state index is 11.9. The van der Waals surface area contributed by atoms with Crippen molar-refractivity contribution in [3.8, 4) is 11.5 Å². The number of rotatable bonds is 2. The van der Waals surface area contributed by atoms with Crippen LogP contribution in [-0.4, -0.2) is 13.5 Å². The summed E-state index contributed by atoms with van der Waals surface area (Å²) in [7, 11) is 1.41. The summed E-state index contributed by atoms with van der Waals surface area (Å²) >= 11 is 6.13. The van der Waals surface area contributed by atoms with Gasteiger partial charge in [0.05, 0.1) is 16.1 Å². The van der Waals surface area contributed by atoms with Gasteiger partial charge < -0.3 is 9.47 Å². The summed E-state index contributed by atoms with van der Waals surface area (Å²) in [6.07, 6.45) is -4.70. The molecule has 0 saturated heterocycles. The monoisotopic (exact) mass is 348 g/mol. The van der Waals surface area contributed by atoms with Gasteiger partial charge >= 0.3 is 6.36 Å². The molecule has 0 aromatic heterocycles. The van der Waals surface area contributed by atoms with Crippen molar-refractivity contribution in [2.75, 3.05) is 7.11 Å². The van der Waals surface area contributed by atoms with E-state index < -0.39 is 6.36 Å². The van der Waals surface area contributed by atoms with E-state index in [-0.39, 0.29) is 5.75 Å². The predicted molar refractivity (Wildman–Crippen MR) is 55.1 cm³/mol. The third kappa shape index (κ3) is 3.57. The van der Waals surface area contributed by atoms with E-state index in [2.05, 4.69) is 36.6 Å². The Hall–Kier alpha value is -0.430. The second-order valence-corrected chi connectivity index (χ2v) is 4.18. The zero-order chi connectivity index (χ0) is 11.6. The topological polar surface area (TPSA) is 18.5 Å². The van der Waals surface area contributed by atoms with Gasteiger partial charge in [0, 0.05) is 0 Å². The van der Waals surface area contributed by atoms with Crippen molar-refractivity contribution >= 4 is 31.9 Å². The van der Waals surface area contributed by atoms with Gasteiger partial charge in [-0.25, -0.2) is 0 Å². The first kappa shape index (κ1) is 12.6. The molecule has 0 radical (unpaired) electrons. The highest BCUT2D eigenvalue weighted by molar-refractivity contribution is 9.11. The van der Waals surface area contributed by atoms with Crippen LogP contribution in [0.5, 0.6) is 11.5 Å². The molecule has 84 valence electrons. The van der Waals surface area contributed by atoms with Crippen LogP contribution in [0.3, 0.4) is 0 Å². The molecule has 0 aliphatic rings. The molecule has 0 N–H and O–H groups in total. The SMILES string of the molecule is COc1c(Br)cc(OC(F)(F)F)cc1Br. The molecular formula is C8H5Br2F3O2. The van der Waals surface area contributed by atoms with Crippen LogP contribution in [0.4, 0.5) is 13.2 Å². The van der Waals surface area contributed by atoms with Crippen molar-refractivity contribution in [2.45, 2.75) is 6.36 Å². The lowest BCUT2D eigenvalue weighted by Gasteiger charge is -2.11. The van der Waals surface area contributed by atoms with Gasteiger partial charge in [-0.2, -0.15) is 0 Å². The molecule has 0 saturated carbocycles. The summed E-state index contributed by atoms with van der Waals surface area (Å²) in [4.78, 5) is 0. The molecule has 2 nitrogen and oxygen atoms in total. The van der Waals surface area contributed by atoms with Crippen LogP contribution in [0.1, 0.15) is 0 Å². The van der Waals surface area contributed by atoms with Gasteiger partial charge in [0.25, 0.3) is 0 Å². The maximum absolute atomic E-state index is 11.9. The van der Waals surface area contributed by atoms with Crippen LogP contribution in [0, 0.1) is 0 Å². The molecule has 0 bridgehead atoms. The highest BCUT2D eigenvalue weighted by atomic mass is 79.9. The minimum atomic E-state index is -4.70. The van der Waals surface area contributed by atoms with Crippen molar-refractivity contribution in [2.24, 2.45) is 0 Å². The van der Waals surface area contributed by atoms with E-state index in [1.807, 2.05) is 0 Å². The molecule has 0 spiro atoms. The second kappa shape index (κ2) is 4.61. The van der Waals surface area contributed by atoms with Crippen molar-refractivity contribution in [1.82, 2.24) is 0 Å². The first-order chi connectivity index (χ1) is 6.83. The van der Waals surface area contributed by atoms with E-state index in [0.29, 0.717) is 14.7 Å². The molecule has 15 heavy (non-hydrogen) atoms. The van der Waals surface area contributed by atoms with Crippen LogP contribution in [-0.2, 0) is 0 Å². The van der Waals surface area contributed by atoms with Gasteiger partial charge in [0.2, 0.25) is 0 Å². The molecule has 0 atom stereocenters. The number of benzene rings is 1. The molecule has 0 aliphatic heterocycles. The minimum absolute atomic E-state index is 0.318. The molecule has 1 aromatic carbocycles. The smallest absolute Gasteiger partial charge is 0.494 e. The first-order valence-electron chi connectivity index (χ1n) is 3.62. The molecule has 7 heteroatoms. The third-order valence-corrected chi connectivity index (χ3v) is 2.59. The quantitative estimate of drug-likeness (QED) is 0.799. The lowest BCUT2D eigenvalue weighted by atomic mass is 10.3. The van der Waals surface area contributed by atoms with Gasteiger partial charge in [-0.05, 0) is 44.0 Å². The Morgan fingerprint density at radius 1 is 1.13 bits per heavy atom. The van der Waals surface area contributed by atoms with Gasteiger partial charge in [0.15, 0.2) is 0 Å². The number of halogens is 5. The summed E-state index contributed by atoms with van der Waals surface area (Å²) < 4.78 is 45.1. The zero-order valence-corrected chi connectivity index (χ0v) is 10.5. The fourth-order valence-corrected chi connectivity index (χ4v) is 2.39. The number of methoxy groups -OCH3 is 1. The lowest BCUT2D eigenvalue weighted by molar-refractivity contribution is -0.274. The van der Waals surface area contributed by atoms with Crippen molar-refractivity contribution in [3.63, 3.8) is 0 Å². The largest absolute Gasteiger partial charge is 0.573 e. The summed E-state index contributed by atoms with van der Waals surface area (Å²) in [5.41, 5.74) is 0. The van der Waals surface area contributed by atoms with Crippen molar-refractivity contribution < 1.29 is 22.6 Å². The molecule has 0 aliphatic carbocycles. The molecule has 1 rings (SSSR count). The predicted octanol–water partition coefficient (Wildman–Crippen LogP) is 4.12. The molecule has 0 amide bonds. The fraction of sp³-hybridized carbons (Fsp3) is 0.250. The van der Waals surface area contributed by atoms with Crippen molar-refractivity contribution in [3.05, 3.63) is 21.1 Å². The fourth-order valence-electron chi connectivity index (χ4n) is 0.924. The van der Waals surface area contributed by atoms with Crippen molar-refractivity contribution in [1.29, 1.82) is 0 Å². The van der Waals surface area contributed by atoms with Crippen LogP contribution in [0.2, 0.25) is 0 Å². The highest BCUT2D eigenvalue weighted by Crippen LogP contribution is 2.38. The zero-order valence-electron chi connectivity index (χ0n) is 7.36. The Bertz CT molecular complexity index is 342. The normalized spacial score (nSPS) is 11.3. The summed E-state index contributed by atoms with van der Waals surface area (Å²) in [5.74, 6) is 0.0894. The van der Waals surface area contributed by atoms with Crippen LogP contribution >= 0.6 is 31.9 Å². The molecule has 0 fully saturated rings. The third-order valence-electron chi connectivity index (χ3n) is 1.41.